The average molecular weight is 308 g/mol. The Balaban J connectivity index is 2.20. The van der Waals surface area contributed by atoms with Gasteiger partial charge in [0.2, 0.25) is 0 Å². The lowest BCUT2D eigenvalue weighted by Crippen LogP contribution is -2.19. The molecule has 96 valence electrons. The third kappa shape index (κ3) is 3.00. The van der Waals surface area contributed by atoms with Crippen molar-refractivity contribution in [3.8, 4) is 5.69 Å². The van der Waals surface area contributed by atoms with Crippen LogP contribution in [0, 0.1) is 0 Å². The van der Waals surface area contributed by atoms with Crippen molar-refractivity contribution in [1.29, 1.82) is 0 Å². The van der Waals surface area contributed by atoms with E-state index in [1.54, 1.807) is 12.5 Å². The summed E-state index contributed by atoms with van der Waals surface area (Å²) in [6.45, 7) is 5.40. The number of benzene rings is 1. The van der Waals surface area contributed by atoms with Crippen LogP contribution in [0.1, 0.15) is 31.9 Å². The summed E-state index contributed by atoms with van der Waals surface area (Å²) in [7, 11) is 0. The number of hydrogen-bond acceptors (Lipinski definition) is 2. The van der Waals surface area contributed by atoms with E-state index in [1.807, 2.05) is 10.8 Å². The van der Waals surface area contributed by atoms with E-state index in [-0.39, 0.29) is 0 Å². The SMILES string of the molecule is CCCNC(C)c1ccc(-n2ccnc2)cc1Br. The Kier molecular flexibility index (Phi) is 4.55. The largest absolute Gasteiger partial charge is 0.310 e. The number of aromatic nitrogens is 2. The smallest absolute Gasteiger partial charge is 0.0991 e. The van der Waals surface area contributed by atoms with Crippen LogP contribution < -0.4 is 5.32 Å². The fraction of sp³-hybridized carbons (Fsp3) is 0.357. The minimum absolute atomic E-state index is 0.358. The monoisotopic (exact) mass is 307 g/mol. The number of imidazole rings is 1. The first-order valence-corrected chi connectivity index (χ1v) is 7.03. The highest BCUT2D eigenvalue weighted by molar-refractivity contribution is 9.10. The van der Waals surface area contributed by atoms with Crippen molar-refractivity contribution in [3.63, 3.8) is 0 Å². The molecule has 2 rings (SSSR count). The number of hydrogen-bond donors (Lipinski definition) is 1. The van der Waals surface area contributed by atoms with Crippen molar-refractivity contribution in [3.05, 3.63) is 47.0 Å². The summed E-state index contributed by atoms with van der Waals surface area (Å²) >= 11 is 3.65. The van der Waals surface area contributed by atoms with Gasteiger partial charge in [0, 0.05) is 28.6 Å². The van der Waals surface area contributed by atoms with E-state index < -0.39 is 0 Å². The Bertz CT molecular complexity index is 494. The summed E-state index contributed by atoms with van der Waals surface area (Å²) in [4.78, 5) is 4.06. The predicted octanol–water partition coefficient (Wildman–Crippen LogP) is 3.70. The Morgan fingerprint density at radius 2 is 2.28 bits per heavy atom. The topological polar surface area (TPSA) is 29.9 Å². The third-order valence-electron chi connectivity index (χ3n) is 2.95. The minimum atomic E-state index is 0.358. The molecule has 0 bridgehead atoms. The summed E-state index contributed by atoms with van der Waals surface area (Å²) in [5.74, 6) is 0. The fourth-order valence-electron chi connectivity index (χ4n) is 1.91. The molecule has 0 radical (unpaired) electrons. The molecule has 0 amide bonds. The van der Waals surface area contributed by atoms with E-state index >= 15 is 0 Å². The lowest BCUT2D eigenvalue weighted by atomic mass is 10.1. The maximum atomic E-state index is 4.06. The highest BCUT2D eigenvalue weighted by Gasteiger charge is 2.09. The van der Waals surface area contributed by atoms with Gasteiger partial charge in [0.1, 0.15) is 0 Å². The van der Waals surface area contributed by atoms with Crippen LogP contribution in [-0.4, -0.2) is 16.1 Å². The predicted molar refractivity (Wildman–Crippen MR) is 78.0 cm³/mol. The Hall–Kier alpha value is -1.13. The van der Waals surface area contributed by atoms with Crippen LogP contribution in [0.5, 0.6) is 0 Å². The highest BCUT2D eigenvalue weighted by Crippen LogP contribution is 2.26. The first kappa shape index (κ1) is 13.3. The number of halogens is 1. The van der Waals surface area contributed by atoms with Gasteiger partial charge in [-0.3, -0.25) is 0 Å². The molecular formula is C14H18BrN3. The Morgan fingerprint density at radius 3 is 2.89 bits per heavy atom. The molecule has 18 heavy (non-hydrogen) atoms. The van der Waals surface area contributed by atoms with Gasteiger partial charge < -0.3 is 9.88 Å². The second-order valence-corrected chi connectivity index (χ2v) is 5.21. The maximum absolute atomic E-state index is 4.06. The molecule has 2 aromatic rings. The third-order valence-corrected chi connectivity index (χ3v) is 3.64. The lowest BCUT2D eigenvalue weighted by Gasteiger charge is -2.16. The van der Waals surface area contributed by atoms with Crippen molar-refractivity contribution >= 4 is 15.9 Å². The summed E-state index contributed by atoms with van der Waals surface area (Å²) in [6.07, 6.45) is 6.68. The highest BCUT2D eigenvalue weighted by atomic mass is 79.9. The standard InChI is InChI=1S/C14H18BrN3/c1-3-6-17-11(2)13-5-4-12(9-14(13)15)18-8-7-16-10-18/h4-5,7-11,17H,3,6H2,1-2H3. The molecular weight excluding hydrogens is 290 g/mol. The molecule has 0 spiro atoms. The molecule has 0 saturated carbocycles. The molecule has 0 aliphatic rings. The zero-order valence-corrected chi connectivity index (χ0v) is 12.3. The van der Waals surface area contributed by atoms with Crippen molar-refractivity contribution in [2.45, 2.75) is 26.3 Å². The van der Waals surface area contributed by atoms with Crippen LogP contribution in [0.25, 0.3) is 5.69 Å². The molecule has 1 N–H and O–H groups in total. The normalized spacial score (nSPS) is 12.6. The molecule has 1 heterocycles. The summed E-state index contributed by atoms with van der Waals surface area (Å²) in [5.41, 5.74) is 2.40. The molecule has 1 unspecified atom stereocenters. The van der Waals surface area contributed by atoms with Crippen LogP contribution in [0.4, 0.5) is 0 Å². The lowest BCUT2D eigenvalue weighted by molar-refractivity contribution is 0.569. The van der Waals surface area contributed by atoms with E-state index in [0.717, 1.165) is 23.1 Å². The van der Waals surface area contributed by atoms with Gasteiger partial charge in [-0.25, -0.2) is 4.98 Å². The van der Waals surface area contributed by atoms with Gasteiger partial charge in [-0.1, -0.05) is 28.9 Å². The Labute approximate surface area is 116 Å². The second kappa shape index (κ2) is 6.16. The molecule has 1 atom stereocenters. The van der Waals surface area contributed by atoms with Crippen molar-refractivity contribution in [2.24, 2.45) is 0 Å². The molecule has 0 aliphatic heterocycles. The van der Waals surface area contributed by atoms with Crippen LogP contribution in [0.2, 0.25) is 0 Å². The van der Waals surface area contributed by atoms with Gasteiger partial charge in [0.05, 0.1) is 6.33 Å². The van der Waals surface area contributed by atoms with E-state index in [1.165, 1.54) is 5.56 Å². The van der Waals surface area contributed by atoms with E-state index in [4.69, 9.17) is 0 Å². The van der Waals surface area contributed by atoms with Crippen LogP contribution >= 0.6 is 15.9 Å². The molecule has 1 aromatic carbocycles. The number of nitrogens with zero attached hydrogens (tertiary/aromatic N) is 2. The van der Waals surface area contributed by atoms with E-state index in [0.29, 0.717) is 6.04 Å². The Morgan fingerprint density at radius 1 is 1.44 bits per heavy atom. The summed E-state index contributed by atoms with van der Waals surface area (Å²) < 4.78 is 3.13. The summed E-state index contributed by atoms with van der Waals surface area (Å²) in [5, 5.41) is 3.49. The molecule has 0 fully saturated rings. The number of nitrogens with one attached hydrogen (secondary N) is 1. The van der Waals surface area contributed by atoms with E-state index in [9.17, 15) is 0 Å². The molecule has 1 aromatic heterocycles. The zero-order chi connectivity index (χ0) is 13.0. The van der Waals surface area contributed by atoms with Crippen molar-refractivity contribution in [1.82, 2.24) is 14.9 Å². The first-order chi connectivity index (χ1) is 8.72. The molecule has 0 saturated heterocycles. The van der Waals surface area contributed by atoms with Gasteiger partial charge in [-0.15, -0.1) is 0 Å². The van der Waals surface area contributed by atoms with Crippen molar-refractivity contribution < 1.29 is 0 Å². The van der Waals surface area contributed by atoms with E-state index in [2.05, 4.69) is 58.3 Å². The van der Waals surface area contributed by atoms with Gasteiger partial charge in [-0.2, -0.15) is 0 Å². The fourth-order valence-corrected chi connectivity index (χ4v) is 2.62. The van der Waals surface area contributed by atoms with Crippen molar-refractivity contribution in [2.75, 3.05) is 6.54 Å². The summed E-state index contributed by atoms with van der Waals surface area (Å²) in [6, 6.07) is 6.76. The molecule has 4 heteroatoms. The van der Waals surface area contributed by atoms with Crippen LogP contribution in [0.15, 0.2) is 41.4 Å². The van der Waals surface area contributed by atoms with Gasteiger partial charge in [-0.05, 0) is 37.6 Å². The maximum Gasteiger partial charge on any atom is 0.0991 e. The zero-order valence-electron chi connectivity index (χ0n) is 10.7. The average Bonchev–Trinajstić information content (AvgIpc) is 2.89. The molecule has 0 aliphatic carbocycles. The first-order valence-electron chi connectivity index (χ1n) is 6.23. The second-order valence-electron chi connectivity index (χ2n) is 4.35. The van der Waals surface area contributed by atoms with Crippen LogP contribution in [-0.2, 0) is 0 Å². The van der Waals surface area contributed by atoms with Gasteiger partial charge in [0.25, 0.3) is 0 Å². The van der Waals surface area contributed by atoms with Gasteiger partial charge in [0.15, 0.2) is 0 Å². The minimum Gasteiger partial charge on any atom is -0.310 e. The molecule has 3 nitrogen and oxygen atoms in total. The quantitative estimate of drug-likeness (QED) is 0.913. The van der Waals surface area contributed by atoms with Crippen LogP contribution in [0.3, 0.4) is 0 Å². The van der Waals surface area contributed by atoms with Gasteiger partial charge >= 0.3 is 0 Å². The number of rotatable bonds is 5.